The first-order chi connectivity index (χ1) is 16.3. The van der Waals surface area contributed by atoms with Gasteiger partial charge in [-0.25, -0.2) is 9.97 Å². The SMILES string of the molecule is COc1ncc(CN2CCOc3c(Cl)cc(-n4cc(C(F)(F)F)c5ccccc54)cc3C2)cn1. The molecule has 3 heterocycles. The van der Waals surface area contributed by atoms with E-state index in [1.165, 1.54) is 17.7 Å². The Hall–Kier alpha value is -3.30. The highest BCUT2D eigenvalue weighted by atomic mass is 35.5. The van der Waals surface area contributed by atoms with Gasteiger partial charge in [-0.1, -0.05) is 29.8 Å². The molecule has 0 spiro atoms. The molecule has 0 saturated heterocycles. The summed E-state index contributed by atoms with van der Waals surface area (Å²) >= 11 is 6.55. The second-order valence-corrected chi connectivity index (χ2v) is 8.39. The van der Waals surface area contributed by atoms with Crippen molar-refractivity contribution >= 4 is 22.5 Å². The smallest absolute Gasteiger partial charge is 0.418 e. The Morgan fingerprint density at radius 2 is 1.91 bits per heavy atom. The van der Waals surface area contributed by atoms with Crippen LogP contribution in [-0.2, 0) is 19.3 Å². The summed E-state index contributed by atoms with van der Waals surface area (Å²) in [5, 5.41) is 0.493. The Kier molecular flexibility index (Phi) is 5.83. The van der Waals surface area contributed by atoms with Gasteiger partial charge in [0.2, 0.25) is 0 Å². The fourth-order valence-corrected chi connectivity index (χ4v) is 4.48. The van der Waals surface area contributed by atoms with Crippen molar-refractivity contribution in [3.63, 3.8) is 0 Å². The van der Waals surface area contributed by atoms with Gasteiger partial charge in [0.05, 0.1) is 23.2 Å². The van der Waals surface area contributed by atoms with Crippen LogP contribution in [0.3, 0.4) is 0 Å². The summed E-state index contributed by atoms with van der Waals surface area (Å²) in [5.74, 6) is 0.548. The van der Waals surface area contributed by atoms with Gasteiger partial charge in [0, 0.05) is 60.4 Å². The van der Waals surface area contributed by atoms with Gasteiger partial charge in [-0.05, 0) is 18.2 Å². The van der Waals surface area contributed by atoms with E-state index in [0.717, 1.165) is 17.3 Å². The second-order valence-electron chi connectivity index (χ2n) is 7.98. The maximum Gasteiger partial charge on any atom is 0.418 e. The lowest BCUT2D eigenvalue weighted by Crippen LogP contribution is -2.25. The molecule has 2 aromatic carbocycles. The molecule has 0 unspecified atom stereocenters. The zero-order chi connectivity index (χ0) is 23.9. The third-order valence-corrected chi connectivity index (χ3v) is 6.00. The molecule has 0 amide bonds. The lowest BCUT2D eigenvalue weighted by Gasteiger charge is -2.19. The molecular formula is C24H20ClF3N4O2. The van der Waals surface area contributed by atoms with Crippen LogP contribution in [0.5, 0.6) is 11.8 Å². The minimum atomic E-state index is -4.47. The molecule has 10 heteroatoms. The molecule has 0 saturated carbocycles. The number of fused-ring (bicyclic) bond motifs is 2. The number of hydrogen-bond acceptors (Lipinski definition) is 5. The number of halogens is 4. The summed E-state index contributed by atoms with van der Waals surface area (Å²) in [4.78, 5) is 10.4. The van der Waals surface area contributed by atoms with E-state index in [4.69, 9.17) is 21.1 Å². The number of methoxy groups -OCH3 is 1. The van der Waals surface area contributed by atoms with Crippen LogP contribution in [0, 0.1) is 0 Å². The monoisotopic (exact) mass is 488 g/mol. The largest absolute Gasteiger partial charge is 0.490 e. The molecule has 5 rings (SSSR count). The van der Waals surface area contributed by atoms with Crippen molar-refractivity contribution in [2.45, 2.75) is 19.3 Å². The number of para-hydroxylation sites is 1. The average molecular weight is 489 g/mol. The summed E-state index contributed by atoms with van der Waals surface area (Å²) in [6.45, 7) is 2.13. The standard InChI is InChI=1S/C24H20ClF3N4O2/c1-33-23-29-10-15(11-30-23)12-31-6-7-34-22-16(13-31)8-17(9-20(22)25)32-14-19(24(26,27)28)18-4-2-3-5-21(18)32/h2-5,8-11,14H,6-7,12-13H2,1H3. The van der Waals surface area contributed by atoms with Crippen molar-refractivity contribution in [2.24, 2.45) is 0 Å². The van der Waals surface area contributed by atoms with Crippen molar-refractivity contribution in [1.82, 2.24) is 19.4 Å². The highest BCUT2D eigenvalue weighted by Crippen LogP contribution is 2.39. The molecule has 0 aliphatic carbocycles. The molecule has 0 atom stereocenters. The molecule has 2 aromatic heterocycles. The van der Waals surface area contributed by atoms with Crippen LogP contribution >= 0.6 is 11.6 Å². The first kappa shape index (κ1) is 22.5. The van der Waals surface area contributed by atoms with E-state index in [2.05, 4.69) is 14.9 Å². The normalized spacial score (nSPS) is 14.5. The summed E-state index contributed by atoms with van der Waals surface area (Å²) in [6.07, 6.45) is 0.0481. The van der Waals surface area contributed by atoms with Crippen LogP contribution in [0.1, 0.15) is 16.7 Å². The lowest BCUT2D eigenvalue weighted by atomic mass is 10.1. The van der Waals surface area contributed by atoms with E-state index in [9.17, 15) is 13.2 Å². The first-order valence-electron chi connectivity index (χ1n) is 10.5. The van der Waals surface area contributed by atoms with E-state index < -0.39 is 11.7 Å². The molecule has 1 aliphatic rings. The Morgan fingerprint density at radius 3 is 2.65 bits per heavy atom. The van der Waals surface area contributed by atoms with E-state index in [0.29, 0.717) is 54.2 Å². The van der Waals surface area contributed by atoms with Gasteiger partial charge in [0.1, 0.15) is 12.4 Å². The molecule has 4 aromatic rings. The van der Waals surface area contributed by atoms with Crippen LogP contribution < -0.4 is 9.47 Å². The topological polar surface area (TPSA) is 52.4 Å². The summed E-state index contributed by atoms with van der Waals surface area (Å²) in [6, 6.07) is 10.2. The molecule has 0 N–H and O–H groups in total. The van der Waals surface area contributed by atoms with Gasteiger partial charge in [-0.3, -0.25) is 4.90 Å². The lowest BCUT2D eigenvalue weighted by molar-refractivity contribution is -0.136. The number of rotatable bonds is 4. The first-order valence-corrected chi connectivity index (χ1v) is 10.9. The predicted molar refractivity (Wildman–Crippen MR) is 121 cm³/mol. The van der Waals surface area contributed by atoms with E-state index in [1.807, 2.05) is 6.07 Å². The molecule has 34 heavy (non-hydrogen) atoms. The highest BCUT2D eigenvalue weighted by Gasteiger charge is 2.34. The third kappa shape index (κ3) is 4.28. The number of hydrogen-bond donors (Lipinski definition) is 0. The Bertz CT molecular complexity index is 1340. The predicted octanol–water partition coefficient (Wildman–Crippen LogP) is 5.50. The van der Waals surface area contributed by atoms with Gasteiger partial charge in [0.15, 0.2) is 0 Å². The zero-order valence-electron chi connectivity index (χ0n) is 18.1. The molecule has 0 bridgehead atoms. The summed E-state index contributed by atoms with van der Waals surface area (Å²) < 4.78 is 53.5. The fourth-order valence-electron chi connectivity index (χ4n) is 4.19. The van der Waals surface area contributed by atoms with Crippen molar-refractivity contribution in [3.05, 3.63) is 76.7 Å². The van der Waals surface area contributed by atoms with Crippen molar-refractivity contribution in [1.29, 1.82) is 0 Å². The van der Waals surface area contributed by atoms with Gasteiger partial charge in [-0.15, -0.1) is 0 Å². The quantitative estimate of drug-likeness (QED) is 0.380. The van der Waals surface area contributed by atoms with Crippen molar-refractivity contribution < 1.29 is 22.6 Å². The van der Waals surface area contributed by atoms with Crippen LogP contribution in [0.15, 0.2) is 55.0 Å². The fraction of sp³-hybridized carbons (Fsp3) is 0.250. The Morgan fingerprint density at radius 1 is 1.15 bits per heavy atom. The van der Waals surface area contributed by atoms with Crippen LogP contribution in [0.2, 0.25) is 5.02 Å². The highest BCUT2D eigenvalue weighted by molar-refractivity contribution is 6.32. The minimum absolute atomic E-state index is 0.137. The van der Waals surface area contributed by atoms with Gasteiger partial charge >= 0.3 is 12.2 Å². The Balaban J connectivity index is 1.51. The molecule has 0 fully saturated rings. The van der Waals surface area contributed by atoms with E-state index >= 15 is 0 Å². The van der Waals surface area contributed by atoms with Crippen LogP contribution in [0.25, 0.3) is 16.6 Å². The number of ether oxygens (including phenoxy) is 2. The number of benzene rings is 2. The zero-order valence-corrected chi connectivity index (χ0v) is 18.9. The van der Waals surface area contributed by atoms with E-state index in [1.54, 1.807) is 36.7 Å². The molecule has 1 aliphatic heterocycles. The minimum Gasteiger partial charge on any atom is -0.490 e. The molecule has 176 valence electrons. The third-order valence-electron chi connectivity index (χ3n) is 5.72. The van der Waals surface area contributed by atoms with Gasteiger partial charge in [0.25, 0.3) is 0 Å². The van der Waals surface area contributed by atoms with Crippen LogP contribution in [0.4, 0.5) is 13.2 Å². The van der Waals surface area contributed by atoms with Crippen molar-refractivity contribution in [3.8, 4) is 17.4 Å². The Labute approximate surface area is 198 Å². The van der Waals surface area contributed by atoms with Crippen molar-refractivity contribution in [2.75, 3.05) is 20.3 Å². The van der Waals surface area contributed by atoms with E-state index in [-0.39, 0.29) is 5.39 Å². The number of alkyl halides is 3. The van der Waals surface area contributed by atoms with Gasteiger partial charge < -0.3 is 14.0 Å². The maximum absolute atomic E-state index is 13.7. The number of aromatic nitrogens is 3. The molecular weight excluding hydrogens is 469 g/mol. The maximum atomic E-state index is 13.7. The molecule has 6 nitrogen and oxygen atoms in total. The number of nitrogens with zero attached hydrogens (tertiary/aromatic N) is 4. The average Bonchev–Trinajstić information content (AvgIpc) is 3.09. The summed E-state index contributed by atoms with van der Waals surface area (Å²) in [5.41, 5.74) is 1.99. The summed E-state index contributed by atoms with van der Waals surface area (Å²) in [7, 11) is 1.50. The second kappa shape index (κ2) is 8.81. The molecule has 0 radical (unpaired) electrons. The van der Waals surface area contributed by atoms with Crippen LogP contribution in [-0.4, -0.2) is 39.7 Å². The van der Waals surface area contributed by atoms with Gasteiger partial charge in [-0.2, -0.15) is 13.2 Å².